The third-order valence-electron chi connectivity index (χ3n) is 5.82. The fraction of sp³-hybridized carbons (Fsp3) is 0.391. The van der Waals surface area contributed by atoms with Gasteiger partial charge >= 0.3 is 0 Å². The number of carbonyl (C=O) groups excluding carboxylic acids is 2. The summed E-state index contributed by atoms with van der Waals surface area (Å²) >= 11 is 0. The Kier molecular flexibility index (Phi) is 5.44. The maximum atomic E-state index is 12.4. The number of hydrogen-bond donors (Lipinski definition) is 0. The van der Waals surface area contributed by atoms with E-state index in [1.54, 1.807) is 31.4 Å². The lowest BCUT2D eigenvalue weighted by atomic mass is 10.0. The van der Waals surface area contributed by atoms with Gasteiger partial charge in [-0.2, -0.15) is 0 Å². The van der Waals surface area contributed by atoms with Gasteiger partial charge in [0.25, 0.3) is 11.8 Å². The highest BCUT2D eigenvalue weighted by Crippen LogP contribution is 2.33. The fourth-order valence-electron chi connectivity index (χ4n) is 4.32. The SMILES string of the molecule is COc1ccc([C@@H]2CCCN2CCCCN2C(=O)c3ccccc3C2=O)cc1. The van der Waals surface area contributed by atoms with E-state index < -0.39 is 0 Å². The van der Waals surface area contributed by atoms with Crippen molar-refractivity contribution in [2.45, 2.75) is 31.7 Å². The van der Waals surface area contributed by atoms with E-state index in [9.17, 15) is 9.59 Å². The Bertz CT molecular complexity index is 827. The van der Waals surface area contributed by atoms with Crippen LogP contribution in [-0.4, -0.2) is 48.4 Å². The lowest BCUT2D eigenvalue weighted by Gasteiger charge is -2.25. The van der Waals surface area contributed by atoms with Gasteiger partial charge in [-0.15, -0.1) is 0 Å². The topological polar surface area (TPSA) is 49.9 Å². The van der Waals surface area contributed by atoms with E-state index in [0.717, 1.165) is 31.7 Å². The fourth-order valence-corrected chi connectivity index (χ4v) is 4.32. The number of rotatable bonds is 7. The molecule has 0 bridgehead atoms. The number of carbonyl (C=O) groups is 2. The molecule has 5 heteroatoms. The summed E-state index contributed by atoms with van der Waals surface area (Å²) in [5, 5.41) is 0. The second-order valence-corrected chi connectivity index (χ2v) is 7.48. The molecule has 0 saturated carbocycles. The van der Waals surface area contributed by atoms with Crippen LogP contribution in [0.3, 0.4) is 0 Å². The molecule has 4 rings (SSSR count). The Hall–Kier alpha value is -2.66. The molecule has 1 atom stereocenters. The number of likely N-dealkylation sites (tertiary alicyclic amines) is 1. The predicted octanol–water partition coefficient (Wildman–Crippen LogP) is 3.91. The number of hydrogen-bond acceptors (Lipinski definition) is 4. The van der Waals surface area contributed by atoms with Crippen molar-refractivity contribution in [1.82, 2.24) is 9.80 Å². The van der Waals surface area contributed by atoms with E-state index in [-0.39, 0.29) is 11.8 Å². The van der Waals surface area contributed by atoms with E-state index >= 15 is 0 Å². The summed E-state index contributed by atoms with van der Waals surface area (Å²) in [5.41, 5.74) is 2.40. The van der Waals surface area contributed by atoms with Crippen molar-refractivity contribution in [2.24, 2.45) is 0 Å². The number of imide groups is 1. The van der Waals surface area contributed by atoms with Crippen molar-refractivity contribution in [1.29, 1.82) is 0 Å². The lowest BCUT2D eigenvalue weighted by Crippen LogP contribution is -2.31. The van der Waals surface area contributed by atoms with Crippen LogP contribution in [0.25, 0.3) is 0 Å². The van der Waals surface area contributed by atoms with Crippen molar-refractivity contribution in [2.75, 3.05) is 26.7 Å². The largest absolute Gasteiger partial charge is 0.497 e. The van der Waals surface area contributed by atoms with Gasteiger partial charge in [-0.3, -0.25) is 19.4 Å². The van der Waals surface area contributed by atoms with Gasteiger partial charge in [0.15, 0.2) is 0 Å². The Labute approximate surface area is 165 Å². The van der Waals surface area contributed by atoms with E-state index in [1.165, 1.54) is 23.3 Å². The summed E-state index contributed by atoms with van der Waals surface area (Å²) in [4.78, 5) is 28.8. The third kappa shape index (κ3) is 3.54. The molecule has 0 radical (unpaired) electrons. The van der Waals surface area contributed by atoms with Gasteiger partial charge < -0.3 is 4.74 Å². The number of ether oxygens (including phenoxy) is 1. The minimum absolute atomic E-state index is 0.155. The standard InChI is InChI=1S/C23H26N2O3/c1-28-18-12-10-17(11-13-18)21-9-6-15-24(21)14-4-5-16-25-22(26)19-7-2-3-8-20(19)23(25)27/h2-3,7-8,10-13,21H,4-6,9,14-16H2,1H3/t21-/m0/s1. The van der Waals surface area contributed by atoms with Crippen LogP contribution < -0.4 is 4.74 Å². The highest BCUT2D eigenvalue weighted by Gasteiger charge is 2.34. The van der Waals surface area contributed by atoms with Crippen LogP contribution in [0.15, 0.2) is 48.5 Å². The second kappa shape index (κ2) is 8.15. The van der Waals surface area contributed by atoms with E-state index in [4.69, 9.17) is 4.74 Å². The van der Waals surface area contributed by atoms with Crippen LogP contribution in [0.1, 0.15) is 58.0 Å². The maximum absolute atomic E-state index is 12.4. The molecule has 2 aliphatic heterocycles. The minimum Gasteiger partial charge on any atom is -0.497 e. The zero-order valence-corrected chi connectivity index (χ0v) is 16.3. The zero-order valence-electron chi connectivity index (χ0n) is 16.3. The second-order valence-electron chi connectivity index (χ2n) is 7.48. The van der Waals surface area contributed by atoms with Crippen LogP contribution in [-0.2, 0) is 0 Å². The Morgan fingerprint density at radius 1 is 0.929 bits per heavy atom. The molecule has 0 aliphatic carbocycles. The zero-order chi connectivity index (χ0) is 19.5. The van der Waals surface area contributed by atoms with Gasteiger partial charge in [0.2, 0.25) is 0 Å². The summed E-state index contributed by atoms with van der Waals surface area (Å²) in [7, 11) is 1.69. The number of nitrogens with zero attached hydrogens (tertiary/aromatic N) is 2. The van der Waals surface area contributed by atoms with Gasteiger partial charge in [-0.1, -0.05) is 24.3 Å². The van der Waals surface area contributed by atoms with Gasteiger partial charge in [-0.05, 0) is 68.6 Å². The number of amides is 2. The molecule has 2 amide bonds. The van der Waals surface area contributed by atoms with Crippen LogP contribution in [0.2, 0.25) is 0 Å². The third-order valence-corrected chi connectivity index (χ3v) is 5.82. The number of benzene rings is 2. The molecule has 1 fully saturated rings. The molecule has 1 saturated heterocycles. The highest BCUT2D eigenvalue weighted by atomic mass is 16.5. The summed E-state index contributed by atoms with van der Waals surface area (Å²) in [6, 6.07) is 15.9. The first kappa shape index (κ1) is 18.7. The van der Waals surface area contributed by atoms with Crippen LogP contribution in [0, 0.1) is 0 Å². The molecule has 0 N–H and O–H groups in total. The smallest absolute Gasteiger partial charge is 0.261 e. The molecular weight excluding hydrogens is 352 g/mol. The Balaban J connectivity index is 1.29. The predicted molar refractivity (Wildman–Crippen MR) is 108 cm³/mol. The average molecular weight is 378 g/mol. The lowest BCUT2D eigenvalue weighted by molar-refractivity contribution is 0.0650. The summed E-state index contributed by atoms with van der Waals surface area (Å²) < 4.78 is 5.25. The van der Waals surface area contributed by atoms with Gasteiger partial charge in [0.05, 0.1) is 18.2 Å². The van der Waals surface area contributed by atoms with Gasteiger partial charge in [-0.25, -0.2) is 0 Å². The molecule has 2 heterocycles. The monoisotopic (exact) mass is 378 g/mol. The van der Waals surface area contributed by atoms with E-state index in [0.29, 0.717) is 23.7 Å². The number of fused-ring (bicyclic) bond motifs is 1. The van der Waals surface area contributed by atoms with E-state index in [2.05, 4.69) is 17.0 Å². The quantitative estimate of drug-likeness (QED) is 0.541. The Morgan fingerprint density at radius 3 is 2.21 bits per heavy atom. The molecular formula is C23H26N2O3. The first-order valence-electron chi connectivity index (χ1n) is 10.0. The molecule has 2 aliphatic rings. The normalized spacial score (nSPS) is 19.3. The van der Waals surface area contributed by atoms with Crippen molar-refractivity contribution in [3.8, 4) is 5.75 Å². The highest BCUT2D eigenvalue weighted by molar-refractivity contribution is 6.21. The van der Waals surface area contributed by atoms with Crippen LogP contribution in [0.5, 0.6) is 5.75 Å². The molecule has 2 aromatic carbocycles. The van der Waals surface area contributed by atoms with E-state index in [1.807, 2.05) is 12.1 Å². The van der Waals surface area contributed by atoms with Crippen molar-refractivity contribution in [3.63, 3.8) is 0 Å². The molecule has 0 unspecified atom stereocenters. The first-order valence-corrected chi connectivity index (χ1v) is 10.0. The molecule has 2 aromatic rings. The van der Waals surface area contributed by atoms with Crippen molar-refractivity contribution < 1.29 is 14.3 Å². The summed E-state index contributed by atoms with van der Waals surface area (Å²) in [6.07, 6.45) is 4.18. The Morgan fingerprint density at radius 2 is 1.57 bits per heavy atom. The summed E-state index contributed by atoms with van der Waals surface area (Å²) in [6.45, 7) is 2.58. The molecule has 146 valence electrons. The molecule has 5 nitrogen and oxygen atoms in total. The summed E-state index contributed by atoms with van der Waals surface area (Å²) in [5.74, 6) is 0.574. The molecule has 28 heavy (non-hydrogen) atoms. The molecule has 0 aromatic heterocycles. The molecule has 0 spiro atoms. The maximum Gasteiger partial charge on any atom is 0.261 e. The number of unbranched alkanes of at least 4 members (excludes halogenated alkanes) is 1. The first-order chi connectivity index (χ1) is 13.7. The van der Waals surface area contributed by atoms with Crippen LogP contribution in [0.4, 0.5) is 0 Å². The van der Waals surface area contributed by atoms with Gasteiger partial charge in [0, 0.05) is 12.6 Å². The minimum atomic E-state index is -0.155. The van der Waals surface area contributed by atoms with Crippen molar-refractivity contribution in [3.05, 3.63) is 65.2 Å². The number of methoxy groups -OCH3 is 1. The van der Waals surface area contributed by atoms with Crippen LogP contribution >= 0.6 is 0 Å². The van der Waals surface area contributed by atoms with Crippen molar-refractivity contribution >= 4 is 11.8 Å². The van der Waals surface area contributed by atoms with Gasteiger partial charge in [0.1, 0.15) is 5.75 Å². The average Bonchev–Trinajstić information content (AvgIpc) is 3.30.